The van der Waals surface area contributed by atoms with E-state index in [-0.39, 0.29) is 0 Å². The van der Waals surface area contributed by atoms with Gasteiger partial charge in [-0.25, -0.2) is 0 Å². The number of rotatable bonds is 5. The lowest BCUT2D eigenvalue weighted by atomic mass is 9.80. The zero-order valence-electron chi connectivity index (χ0n) is 9.32. The Kier molecular flexibility index (Phi) is 3.38. The molecule has 0 amide bonds. The molecule has 84 valence electrons. The van der Waals surface area contributed by atoms with Gasteiger partial charge in [-0.3, -0.25) is 16.0 Å². The Morgan fingerprint density at radius 3 is 2.93 bits per heavy atom. The molecule has 0 aliphatic heterocycles. The number of nitrogens with one attached hydrogen (secondary N) is 1. The minimum absolute atomic E-state index is 0.380. The van der Waals surface area contributed by atoms with E-state index in [2.05, 4.69) is 16.6 Å². The first-order valence-electron chi connectivity index (χ1n) is 5.72. The summed E-state index contributed by atoms with van der Waals surface area (Å²) in [6, 6.07) is 2.44. The second kappa shape index (κ2) is 4.77. The van der Waals surface area contributed by atoms with Crippen LogP contribution < -0.4 is 11.3 Å². The van der Waals surface area contributed by atoms with Crippen LogP contribution in [0.2, 0.25) is 0 Å². The van der Waals surface area contributed by atoms with Gasteiger partial charge >= 0.3 is 0 Å². The van der Waals surface area contributed by atoms with Crippen LogP contribution in [0.25, 0.3) is 0 Å². The fraction of sp³-hybridized carbons (Fsp3) is 0.727. The van der Waals surface area contributed by atoms with Crippen LogP contribution in [0, 0.1) is 5.92 Å². The Hall–Kier alpha value is -0.870. The molecule has 1 aliphatic carbocycles. The highest BCUT2D eigenvalue weighted by Crippen LogP contribution is 2.30. The van der Waals surface area contributed by atoms with Crippen molar-refractivity contribution < 1.29 is 0 Å². The highest BCUT2D eigenvalue weighted by atomic mass is 15.3. The van der Waals surface area contributed by atoms with Gasteiger partial charge in [0.15, 0.2) is 0 Å². The van der Waals surface area contributed by atoms with Crippen LogP contribution in [0.5, 0.6) is 0 Å². The van der Waals surface area contributed by atoms with Crippen LogP contribution in [-0.2, 0) is 13.5 Å². The molecule has 0 bridgehead atoms. The van der Waals surface area contributed by atoms with Crippen molar-refractivity contribution in [2.75, 3.05) is 0 Å². The molecule has 15 heavy (non-hydrogen) atoms. The quantitative estimate of drug-likeness (QED) is 0.560. The predicted molar refractivity (Wildman–Crippen MR) is 60.0 cm³/mol. The maximum atomic E-state index is 5.57. The van der Waals surface area contributed by atoms with Crippen molar-refractivity contribution in [3.8, 4) is 0 Å². The van der Waals surface area contributed by atoms with Gasteiger partial charge in [0.25, 0.3) is 0 Å². The first-order chi connectivity index (χ1) is 7.28. The average molecular weight is 208 g/mol. The SMILES string of the molecule is Cn1ccc(CC(CC2CCC2)NN)n1. The summed E-state index contributed by atoms with van der Waals surface area (Å²) in [6.45, 7) is 0. The van der Waals surface area contributed by atoms with Crippen molar-refractivity contribution >= 4 is 0 Å². The summed E-state index contributed by atoms with van der Waals surface area (Å²) >= 11 is 0. The summed E-state index contributed by atoms with van der Waals surface area (Å²) in [4.78, 5) is 0. The third-order valence-corrected chi connectivity index (χ3v) is 3.30. The number of nitrogens with two attached hydrogens (primary N) is 1. The normalized spacial score (nSPS) is 18.8. The second-order valence-electron chi connectivity index (χ2n) is 4.58. The number of hydrogen-bond acceptors (Lipinski definition) is 3. The highest BCUT2D eigenvalue weighted by molar-refractivity contribution is 5.01. The van der Waals surface area contributed by atoms with Gasteiger partial charge in [-0.15, -0.1) is 0 Å². The Balaban J connectivity index is 1.84. The van der Waals surface area contributed by atoms with Crippen LogP contribution in [0.15, 0.2) is 12.3 Å². The molecule has 0 spiro atoms. The van der Waals surface area contributed by atoms with Crippen LogP contribution in [-0.4, -0.2) is 15.8 Å². The average Bonchev–Trinajstić information content (AvgIpc) is 2.55. The lowest BCUT2D eigenvalue weighted by molar-refractivity contribution is 0.259. The summed E-state index contributed by atoms with van der Waals surface area (Å²) in [5.41, 5.74) is 4.03. The van der Waals surface area contributed by atoms with Gasteiger partial charge in [0, 0.05) is 25.7 Å². The lowest BCUT2D eigenvalue weighted by Crippen LogP contribution is -2.39. The molecule has 4 heteroatoms. The summed E-state index contributed by atoms with van der Waals surface area (Å²) in [7, 11) is 1.94. The molecule has 0 aromatic carbocycles. The van der Waals surface area contributed by atoms with Gasteiger partial charge in [-0.2, -0.15) is 5.10 Å². The molecule has 1 saturated carbocycles. The molecule has 0 saturated heterocycles. The van der Waals surface area contributed by atoms with E-state index < -0.39 is 0 Å². The largest absolute Gasteiger partial charge is 0.276 e. The van der Waals surface area contributed by atoms with Crippen molar-refractivity contribution in [2.45, 2.75) is 38.1 Å². The van der Waals surface area contributed by atoms with E-state index in [1.165, 1.54) is 25.7 Å². The van der Waals surface area contributed by atoms with Crippen molar-refractivity contribution in [2.24, 2.45) is 18.8 Å². The molecule has 4 nitrogen and oxygen atoms in total. The highest BCUT2D eigenvalue weighted by Gasteiger charge is 2.22. The standard InChI is InChI=1S/C11H20N4/c1-15-6-5-10(14-15)8-11(13-12)7-9-3-2-4-9/h5-6,9,11,13H,2-4,7-8,12H2,1H3. The third kappa shape index (κ3) is 2.79. The molecule has 0 radical (unpaired) electrons. The van der Waals surface area contributed by atoms with E-state index in [1.807, 2.05) is 17.9 Å². The molecule has 1 heterocycles. The van der Waals surface area contributed by atoms with Crippen LogP contribution in [0.4, 0.5) is 0 Å². The van der Waals surface area contributed by atoms with Crippen LogP contribution >= 0.6 is 0 Å². The molecule has 1 unspecified atom stereocenters. The van der Waals surface area contributed by atoms with Crippen molar-refractivity contribution in [3.05, 3.63) is 18.0 Å². The summed E-state index contributed by atoms with van der Waals surface area (Å²) in [6.07, 6.45) is 8.25. The Bertz CT molecular complexity index is 303. The third-order valence-electron chi connectivity index (χ3n) is 3.30. The van der Waals surface area contributed by atoms with E-state index in [0.717, 1.165) is 18.0 Å². The summed E-state index contributed by atoms with van der Waals surface area (Å²) < 4.78 is 1.84. The van der Waals surface area contributed by atoms with Gasteiger partial charge < -0.3 is 0 Å². The molecule has 1 fully saturated rings. The topological polar surface area (TPSA) is 55.9 Å². The minimum atomic E-state index is 0.380. The molecule has 1 aromatic rings. The Labute approximate surface area is 90.8 Å². The lowest BCUT2D eigenvalue weighted by Gasteiger charge is -2.29. The molecule has 3 N–H and O–H groups in total. The van der Waals surface area contributed by atoms with Gasteiger partial charge in [0.05, 0.1) is 5.69 Å². The maximum Gasteiger partial charge on any atom is 0.0640 e. The van der Waals surface area contributed by atoms with E-state index in [0.29, 0.717) is 6.04 Å². The first-order valence-corrected chi connectivity index (χ1v) is 5.72. The summed E-state index contributed by atoms with van der Waals surface area (Å²) in [5, 5.41) is 4.37. The van der Waals surface area contributed by atoms with Crippen molar-refractivity contribution in [1.82, 2.24) is 15.2 Å². The van der Waals surface area contributed by atoms with Gasteiger partial charge in [0.2, 0.25) is 0 Å². The molecule has 2 rings (SSSR count). The monoisotopic (exact) mass is 208 g/mol. The number of aryl methyl sites for hydroxylation is 1. The zero-order chi connectivity index (χ0) is 10.7. The van der Waals surface area contributed by atoms with Crippen molar-refractivity contribution in [1.29, 1.82) is 0 Å². The van der Waals surface area contributed by atoms with Crippen molar-refractivity contribution in [3.63, 3.8) is 0 Å². The molecule has 1 aliphatic rings. The first kappa shape index (κ1) is 10.6. The number of hydrogen-bond donors (Lipinski definition) is 2. The van der Waals surface area contributed by atoms with E-state index in [1.54, 1.807) is 0 Å². The fourth-order valence-electron chi connectivity index (χ4n) is 2.17. The number of aromatic nitrogens is 2. The van der Waals surface area contributed by atoms with Crippen LogP contribution in [0.3, 0.4) is 0 Å². The van der Waals surface area contributed by atoms with E-state index in [9.17, 15) is 0 Å². The van der Waals surface area contributed by atoms with E-state index >= 15 is 0 Å². The predicted octanol–water partition coefficient (Wildman–Crippen LogP) is 0.985. The zero-order valence-corrected chi connectivity index (χ0v) is 9.32. The van der Waals surface area contributed by atoms with E-state index in [4.69, 9.17) is 5.84 Å². The maximum absolute atomic E-state index is 5.57. The summed E-state index contributed by atoms with van der Waals surface area (Å²) in [5.74, 6) is 6.45. The van der Waals surface area contributed by atoms with Crippen LogP contribution in [0.1, 0.15) is 31.4 Å². The molecular formula is C11H20N4. The fourth-order valence-corrected chi connectivity index (χ4v) is 2.17. The van der Waals surface area contributed by atoms with Gasteiger partial charge in [0.1, 0.15) is 0 Å². The number of hydrazine groups is 1. The Morgan fingerprint density at radius 1 is 1.67 bits per heavy atom. The van der Waals surface area contributed by atoms with Gasteiger partial charge in [-0.1, -0.05) is 19.3 Å². The number of nitrogens with zero attached hydrogens (tertiary/aromatic N) is 2. The molecule has 1 atom stereocenters. The molecule has 1 aromatic heterocycles. The smallest absolute Gasteiger partial charge is 0.0640 e. The molecular weight excluding hydrogens is 188 g/mol. The minimum Gasteiger partial charge on any atom is -0.276 e. The second-order valence-corrected chi connectivity index (χ2v) is 4.58. The Morgan fingerprint density at radius 2 is 2.47 bits per heavy atom. The van der Waals surface area contributed by atoms with Gasteiger partial charge in [-0.05, 0) is 18.4 Å².